The maximum Gasteiger partial charge on any atom is 0.356 e. The molecule has 1 heterocycles. The summed E-state index contributed by atoms with van der Waals surface area (Å²) in [5.41, 5.74) is 0.356. The fraction of sp³-hybridized carbons (Fsp3) is 0.300. The maximum absolute atomic E-state index is 11.0. The van der Waals surface area contributed by atoms with Crippen LogP contribution in [-0.4, -0.2) is 28.6 Å². The van der Waals surface area contributed by atoms with Gasteiger partial charge < -0.3 is 9.84 Å². The SMILES string of the molecule is CC(=O)O.CCOC(=O)c1ccccn1. The zero-order chi connectivity index (χ0) is 11.7. The molecule has 1 N–H and O–H groups in total. The average Bonchev–Trinajstić information content (AvgIpc) is 2.19. The van der Waals surface area contributed by atoms with Crippen molar-refractivity contribution in [3.8, 4) is 0 Å². The Bertz CT molecular complexity index is 306. The van der Waals surface area contributed by atoms with E-state index >= 15 is 0 Å². The number of carbonyl (C=O) groups is 2. The molecule has 0 aliphatic heterocycles. The fourth-order valence-electron chi connectivity index (χ4n) is 0.689. The molecule has 0 atom stereocenters. The lowest BCUT2D eigenvalue weighted by Gasteiger charge is -1.98. The number of rotatable bonds is 2. The second-order valence-corrected chi connectivity index (χ2v) is 2.45. The third-order valence-electron chi connectivity index (χ3n) is 1.15. The number of carboxylic acids is 1. The van der Waals surface area contributed by atoms with E-state index < -0.39 is 5.97 Å². The van der Waals surface area contributed by atoms with Crippen molar-refractivity contribution in [2.75, 3.05) is 6.61 Å². The average molecular weight is 211 g/mol. The molecule has 5 heteroatoms. The van der Waals surface area contributed by atoms with Crippen molar-refractivity contribution < 1.29 is 19.4 Å². The molecule has 1 aromatic rings. The number of carboxylic acid groups (broad SMARTS) is 1. The Balaban J connectivity index is 0.000000423. The Morgan fingerprint density at radius 2 is 2.07 bits per heavy atom. The Labute approximate surface area is 87.7 Å². The summed E-state index contributed by atoms with van der Waals surface area (Å²) in [7, 11) is 0. The van der Waals surface area contributed by atoms with Crippen LogP contribution in [0.2, 0.25) is 0 Å². The Morgan fingerprint density at radius 1 is 1.47 bits per heavy atom. The Morgan fingerprint density at radius 3 is 2.47 bits per heavy atom. The highest BCUT2D eigenvalue weighted by molar-refractivity contribution is 5.86. The molecule has 1 rings (SSSR count). The molecule has 0 aliphatic rings. The summed E-state index contributed by atoms with van der Waals surface area (Å²) < 4.78 is 4.73. The zero-order valence-corrected chi connectivity index (χ0v) is 8.64. The number of aliphatic carboxylic acids is 1. The van der Waals surface area contributed by atoms with Crippen LogP contribution in [0.5, 0.6) is 0 Å². The van der Waals surface area contributed by atoms with Gasteiger partial charge in [-0.25, -0.2) is 9.78 Å². The normalized spacial score (nSPS) is 8.40. The van der Waals surface area contributed by atoms with E-state index in [1.807, 2.05) is 0 Å². The van der Waals surface area contributed by atoms with E-state index in [-0.39, 0.29) is 5.97 Å². The number of nitrogens with zero attached hydrogens (tertiary/aromatic N) is 1. The minimum Gasteiger partial charge on any atom is -0.481 e. The van der Waals surface area contributed by atoms with Gasteiger partial charge in [-0.05, 0) is 19.1 Å². The van der Waals surface area contributed by atoms with Crippen LogP contribution in [0.3, 0.4) is 0 Å². The molecule has 0 aromatic carbocycles. The summed E-state index contributed by atoms with van der Waals surface area (Å²) in [6.45, 7) is 3.23. The lowest BCUT2D eigenvalue weighted by Crippen LogP contribution is -2.05. The first-order valence-corrected chi connectivity index (χ1v) is 4.35. The van der Waals surface area contributed by atoms with E-state index in [0.29, 0.717) is 12.3 Å². The highest BCUT2D eigenvalue weighted by Gasteiger charge is 2.04. The van der Waals surface area contributed by atoms with Crippen molar-refractivity contribution in [1.82, 2.24) is 4.98 Å². The van der Waals surface area contributed by atoms with E-state index in [2.05, 4.69) is 4.98 Å². The van der Waals surface area contributed by atoms with Gasteiger partial charge in [0.05, 0.1) is 6.61 Å². The zero-order valence-electron chi connectivity index (χ0n) is 8.64. The number of hydrogen-bond acceptors (Lipinski definition) is 4. The molecule has 1 aromatic heterocycles. The van der Waals surface area contributed by atoms with E-state index in [4.69, 9.17) is 14.6 Å². The molecular formula is C10H13NO4. The van der Waals surface area contributed by atoms with E-state index in [1.165, 1.54) is 0 Å². The number of carbonyl (C=O) groups excluding carboxylic acids is 1. The third kappa shape index (κ3) is 7.18. The fourth-order valence-corrected chi connectivity index (χ4v) is 0.689. The molecular weight excluding hydrogens is 198 g/mol. The van der Waals surface area contributed by atoms with Gasteiger partial charge in [-0.2, -0.15) is 0 Å². The van der Waals surface area contributed by atoms with Gasteiger partial charge in [0.15, 0.2) is 0 Å². The van der Waals surface area contributed by atoms with Gasteiger partial charge in [-0.1, -0.05) is 6.07 Å². The number of aromatic nitrogens is 1. The molecule has 0 spiro atoms. The van der Waals surface area contributed by atoms with Crippen LogP contribution in [0.4, 0.5) is 0 Å². The number of hydrogen-bond donors (Lipinski definition) is 1. The molecule has 82 valence electrons. The van der Waals surface area contributed by atoms with Gasteiger partial charge in [0.2, 0.25) is 0 Å². The predicted octanol–water partition coefficient (Wildman–Crippen LogP) is 1.35. The first kappa shape index (κ1) is 13.1. The minimum atomic E-state index is -0.833. The van der Waals surface area contributed by atoms with Crippen LogP contribution >= 0.6 is 0 Å². The maximum atomic E-state index is 11.0. The van der Waals surface area contributed by atoms with Crippen LogP contribution in [-0.2, 0) is 9.53 Å². The van der Waals surface area contributed by atoms with E-state index in [0.717, 1.165) is 6.92 Å². The summed E-state index contributed by atoms with van der Waals surface area (Å²) in [4.78, 5) is 23.8. The molecule has 0 amide bonds. The van der Waals surface area contributed by atoms with Gasteiger partial charge >= 0.3 is 5.97 Å². The van der Waals surface area contributed by atoms with Crippen LogP contribution in [0.15, 0.2) is 24.4 Å². The predicted molar refractivity (Wildman–Crippen MR) is 53.5 cm³/mol. The summed E-state index contributed by atoms with van der Waals surface area (Å²) in [5, 5.41) is 7.42. The summed E-state index contributed by atoms with van der Waals surface area (Å²) in [6, 6.07) is 5.12. The Hall–Kier alpha value is -1.91. The van der Waals surface area contributed by atoms with Crippen molar-refractivity contribution in [3.63, 3.8) is 0 Å². The van der Waals surface area contributed by atoms with Crippen molar-refractivity contribution >= 4 is 11.9 Å². The number of ether oxygens (including phenoxy) is 1. The van der Waals surface area contributed by atoms with Gasteiger partial charge in [-0.15, -0.1) is 0 Å². The highest BCUT2D eigenvalue weighted by atomic mass is 16.5. The summed E-state index contributed by atoms with van der Waals surface area (Å²) in [6.07, 6.45) is 1.56. The first-order valence-electron chi connectivity index (χ1n) is 4.35. The van der Waals surface area contributed by atoms with Crippen LogP contribution in [0.25, 0.3) is 0 Å². The van der Waals surface area contributed by atoms with Gasteiger partial charge in [0.25, 0.3) is 5.97 Å². The molecule has 0 unspecified atom stereocenters. The first-order chi connectivity index (χ1) is 7.07. The summed E-state index contributed by atoms with van der Waals surface area (Å²) >= 11 is 0. The van der Waals surface area contributed by atoms with Crippen LogP contribution in [0, 0.1) is 0 Å². The standard InChI is InChI=1S/C8H9NO2.C2H4O2/c1-2-11-8(10)7-5-3-4-6-9-7;1-2(3)4/h3-6H,2H2,1H3;1H3,(H,3,4). The van der Waals surface area contributed by atoms with Gasteiger partial charge in [0.1, 0.15) is 5.69 Å². The van der Waals surface area contributed by atoms with E-state index in [1.54, 1.807) is 31.3 Å². The monoisotopic (exact) mass is 211 g/mol. The molecule has 0 saturated carbocycles. The highest BCUT2D eigenvalue weighted by Crippen LogP contribution is 1.95. The van der Waals surface area contributed by atoms with Crippen LogP contribution in [0.1, 0.15) is 24.3 Å². The topological polar surface area (TPSA) is 76.5 Å². The lowest BCUT2D eigenvalue weighted by molar-refractivity contribution is -0.134. The second kappa shape index (κ2) is 7.49. The third-order valence-corrected chi connectivity index (χ3v) is 1.15. The number of pyridine rings is 1. The van der Waals surface area contributed by atoms with Crippen LogP contribution < -0.4 is 0 Å². The molecule has 0 radical (unpaired) electrons. The molecule has 0 aliphatic carbocycles. The lowest BCUT2D eigenvalue weighted by atomic mass is 10.4. The molecule has 0 bridgehead atoms. The van der Waals surface area contributed by atoms with Crippen molar-refractivity contribution in [2.45, 2.75) is 13.8 Å². The van der Waals surface area contributed by atoms with E-state index in [9.17, 15) is 4.79 Å². The van der Waals surface area contributed by atoms with Crippen molar-refractivity contribution in [2.24, 2.45) is 0 Å². The molecule has 0 fully saturated rings. The van der Waals surface area contributed by atoms with Gasteiger partial charge in [0, 0.05) is 13.1 Å². The second-order valence-electron chi connectivity index (χ2n) is 2.45. The molecule has 0 saturated heterocycles. The smallest absolute Gasteiger partial charge is 0.356 e. The summed E-state index contributed by atoms with van der Waals surface area (Å²) in [5.74, 6) is -1.20. The molecule has 5 nitrogen and oxygen atoms in total. The van der Waals surface area contributed by atoms with Gasteiger partial charge in [-0.3, -0.25) is 4.79 Å². The van der Waals surface area contributed by atoms with Crippen molar-refractivity contribution in [3.05, 3.63) is 30.1 Å². The van der Waals surface area contributed by atoms with Crippen molar-refractivity contribution in [1.29, 1.82) is 0 Å². The minimum absolute atomic E-state index is 0.356. The number of esters is 1. The largest absolute Gasteiger partial charge is 0.481 e. The quantitative estimate of drug-likeness (QED) is 0.747. The molecule has 15 heavy (non-hydrogen) atoms. The Kier molecular flexibility index (Phi) is 6.54.